The first-order valence-corrected chi connectivity index (χ1v) is 8.46. The summed E-state index contributed by atoms with van der Waals surface area (Å²) in [6.45, 7) is 5.64. The fourth-order valence-corrected chi connectivity index (χ4v) is 4.86. The molecule has 19 heavy (non-hydrogen) atoms. The van der Waals surface area contributed by atoms with Gasteiger partial charge in [-0.05, 0) is 26.7 Å². The van der Waals surface area contributed by atoms with Gasteiger partial charge >= 0.3 is 0 Å². The van der Waals surface area contributed by atoms with Crippen LogP contribution in [0.5, 0.6) is 0 Å². The molecule has 2 heterocycles. The van der Waals surface area contributed by atoms with E-state index in [9.17, 15) is 8.42 Å². The van der Waals surface area contributed by atoms with Gasteiger partial charge in [0.1, 0.15) is 0 Å². The molecule has 0 saturated carbocycles. The van der Waals surface area contributed by atoms with Crippen LogP contribution in [0.15, 0.2) is 0 Å². The van der Waals surface area contributed by atoms with Crippen molar-refractivity contribution < 1.29 is 13.2 Å². The molecule has 0 aromatic heterocycles. The largest absolute Gasteiger partial charge is 0.374 e. The van der Waals surface area contributed by atoms with Crippen molar-refractivity contribution in [3.8, 4) is 0 Å². The highest BCUT2D eigenvalue weighted by Crippen LogP contribution is 2.25. The van der Waals surface area contributed by atoms with Crippen LogP contribution in [-0.4, -0.2) is 61.5 Å². The quantitative estimate of drug-likeness (QED) is 0.803. The van der Waals surface area contributed by atoms with Gasteiger partial charge in [-0.25, -0.2) is 0 Å². The number of nitrogens with zero attached hydrogens (tertiary/aromatic N) is 2. The van der Waals surface area contributed by atoms with Crippen molar-refractivity contribution in [2.75, 3.05) is 26.2 Å². The molecular formula is C12H25N3O3S. The Morgan fingerprint density at radius 3 is 2.58 bits per heavy atom. The minimum Gasteiger partial charge on any atom is -0.374 e. The Labute approximate surface area is 116 Å². The van der Waals surface area contributed by atoms with Gasteiger partial charge < -0.3 is 10.5 Å². The molecule has 2 aliphatic rings. The third kappa shape index (κ3) is 3.11. The van der Waals surface area contributed by atoms with Gasteiger partial charge in [0, 0.05) is 31.7 Å². The van der Waals surface area contributed by atoms with Crippen molar-refractivity contribution in [2.45, 2.75) is 51.3 Å². The lowest BCUT2D eigenvalue weighted by molar-refractivity contribution is -0.0246. The molecular weight excluding hydrogens is 266 g/mol. The molecule has 0 radical (unpaired) electrons. The summed E-state index contributed by atoms with van der Waals surface area (Å²) in [4.78, 5) is 0. The standard InChI is InChI=1S/C12H25N3O3S/c1-10-5-3-4-6-14(10)19(16,17)15-8-12(7-13)18-9-11(15)2/h10-12H,3-9,13H2,1-2H3. The summed E-state index contributed by atoms with van der Waals surface area (Å²) < 4.78 is 34.3. The van der Waals surface area contributed by atoms with Crippen LogP contribution in [0.2, 0.25) is 0 Å². The van der Waals surface area contributed by atoms with Crippen LogP contribution in [-0.2, 0) is 14.9 Å². The van der Waals surface area contributed by atoms with Crippen molar-refractivity contribution in [1.29, 1.82) is 0 Å². The van der Waals surface area contributed by atoms with E-state index in [0.29, 0.717) is 26.2 Å². The van der Waals surface area contributed by atoms with E-state index < -0.39 is 10.2 Å². The van der Waals surface area contributed by atoms with E-state index in [0.717, 1.165) is 19.3 Å². The second-order valence-corrected chi connectivity index (χ2v) is 7.41. The van der Waals surface area contributed by atoms with Crippen LogP contribution in [0.1, 0.15) is 33.1 Å². The molecule has 2 rings (SSSR count). The van der Waals surface area contributed by atoms with Crippen LogP contribution >= 0.6 is 0 Å². The Balaban J connectivity index is 2.17. The van der Waals surface area contributed by atoms with Gasteiger partial charge in [-0.15, -0.1) is 0 Å². The lowest BCUT2D eigenvalue weighted by Gasteiger charge is -2.42. The van der Waals surface area contributed by atoms with Gasteiger partial charge in [0.05, 0.1) is 12.7 Å². The van der Waals surface area contributed by atoms with Crippen LogP contribution in [0.25, 0.3) is 0 Å². The molecule has 3 unspecified atom stereocenters. The van der Waals surface area contributed by atoms with Crippen LogP contribution in [0.3, 0.4) is 0 Å². The van der Waals surface area contributed by atoms with E-state index in [2.05, 4.69) is 0 Å². The van der Waals surface area contributed by atoms with Gasteiger partial charge in [-0.3, -0.25) is 0 Å². The molecule has 0 bridgehead atoms. The summed E-state index contributed by atoms with van der Waals surface area (Å²) in [5, 5.41) is 0. The lowest BCUT2D eigenvalue weighted by Crippen LogP contribution is -2.58. The van der Waals surface area contributed by atoms with Crippen LogP contribution in [0, 0.1) is 0 Å². The van der Waals surface area contributed by atoms with Crippen LogP contribution < -0.4 is 5.73 Å². The van der Waals surface area contributed by atoms with E-state index in [1.54, 1.807) is 8.61 Å². The number of morpholine rings is 1. The fourth-order valence-electron chi connectivity index (χ4n) is 2.81. The second kappa shape index (κ2) is 6.05. The Morgan fingerprint density at radius 1 is 1.21 bits per heavy atom. The molecule has 112 valence electrons. The number of piperidine rings is 1. The van der Waals surface area contributed by atoms with Crippen LogP contribution in [0.4, 0.5) is 0 Å². The molecule has 0 aromatic rings. The van der Waals surface area contributed by atoms with Gasteiger partial charge in [-0.1, -0.05) is 6.42 Å². The van der Waals surface area contributed by atoms with Crippen molar-refractivity contribution in [3.63, 3.8) is 0 Å². The molecule has 2 N–H and O–H groups in total. The monoisotopic (exact) mass is 291 g/mol. The van der Waals surface area contributed by atoms with E-state index in [4.69, 9.17) is 10.5 Å². The van der Waals surface area contributed by atoms with E-state index >= 15 is 0 Å². The summed E-state index contributed by atoms with van der Waals surface area (Å²) in [6.07, 6.45) is 2.81. The average Bonchev–Trinajstić information content (AvgIpc) is 2.39. The maximum absolute atomic E-state index is 12.8. The molecule has 0 aliphatic carbocycles. The third-order valence-corrected chi connectivity index (χ3v) is 6.28. The minimum absolute atomic E-state index is 0.0881. The number of hydrogen-bond acceptors (Lipinski definition) is 4. The normalized spacial score (nSPS) is 35.4. The zero-order chi connectivity index (χ0) is 14.0. The number of rotatable bonds is 3. The summed E-state index contributed by atoms with van der Waals surface area (Å²) in [6, 6.07) is -0.0351. The highest BCUT2D eigenvalue weighted by molar-refractivity contribution is 7.86. The smallest absolute Gasteiger partial charge is 0.282 e. The number of hydrogen-bond donors (Lipinski definition) is 1. The lowest BCUT2D eigenvalue weighted by atomic mass is 10.1. The number of ether oxygens (including phenoxy) is 1. The SMILES string of the molecule is CC1CCCCN1S(=O)(=O)N1CC(CN)OCC1C. The van der Waals surface area contributed by atoms with Gasteiger partial charge in [0.15, 0.2) is 0 Å². The van der Waals surface area contributed by atoms with E-state index in [-0.39, 0.29) is 18.2 Å². The fraction of sp³-hybridized carbons (Fsp3) is 1.00. The first-order chi connectivity index (χ1) is 8.96. The molecule has 2 aliphatic heterocycles. The molecule has 2 fully saturated rings. The summed E-state index contributed by atoms with van der Waals surface area (Å²) in [7, 11) is -3.40. The Hall–Kier alpha value is -0.210. The maximum atomic E-state index is 12.8. The predicted octanol–water partition coefficient (Wildman–Crippen LogP) is 0.154. The Morgan fingerprint density at radius 2 is 1.95 bits per heavy atom. The van der Waals surface area contributed by atoms with Crippen molar-refractivity contribution >= 4 is 10.2 Å². The molecule has 7 heteroatoms. The maximum Gasteiger partial charge on any atom is 0.282 e. The first kappa shape index (κ1) is 15.2. The second-order valence-electron chi connectivity index (χ2n) is 5.57. The topological polar surface area (TPSA) is 75.9 Å². The number of nitrogens with two attached hydrogens (primary N) is 1. The average molecular weight is 291 g/mol. The molecule has 2 saturated heterocycles. The predicted molar refractivity (Wildman–Crippen MR) is 73.9 cm³/mol. The molecule has 0 spiro atoms. The van der Waals surface area contributed by atoms with Crippen molar-refractivity contribution in [1.82, 2.24) is 8.61 Å². The molecule has 6 nitrogen and oxygen atoms in total. The Kier molecular flexibility index (Phi) is 4.84. The van der Waals surface area contributed by atoms with Crippen molar-refractivity contribution in [2.24, 2.45) is 5.73 Å². The zero-order valence-electron chi connectivity index (χ0n) is 11.8. The summed E-state index contributed by atoms with van der Waals surface area (Å²) in [5.41, 5.74) is 5.60. The highest BCUT2D eigenvalue weighted by atomic mass is 32.2. The summed E-state index contributed by atoms with van der Waals surface area (Å²) in [5.74, 6) is 0. The van der Waals surface area contributed by atoms with E-state index in [1.165, 1.54) is 0 Å². The first-order valence-electron chi connectivity index (χ1n) is 7.07. The third-order valence-electron chi connectivity index (χ3n) is 4.05. The molecule has 3 atom stereocenters. The molecule has 0 amide bonds. The minimum atomic E-state index is -3.40. The van der Waals surface area contributed by atoms with Gasteiger partial charge in [0.25, 0.3) is 10.2 Å². The highest BCUT2D eigenvalue weighted by Gasteiger charge is 2.40. The zero-order valence-corrected chi connectivity index (χ0v) is 12.6. The van der Waals surface area contributed by atoms with Gasteiger partial charge in [0.2, 0.25) is 0 Å². The van der Waals surface area contributed by atoms with Gasteiger partial charge in [-0.2, -0.15) is 17.0 Å². The van der Waals surface area contributed by atoms with Crippen molar-refractivity contribution in [3.05, 3.63) is 0 Å². The Bertz CT molecular complexity index is 401. The van der Waals surface area contributed by atoms with E-state index in [1.807, 2.05) is 13.8 Å². The summed E-state index contributed by atoms with van der Waals surface area (Å²) >= 11 is 0. The molecule has 0 aromatic carbocycles.